The predicted octanol–water partition coefficient (Wildman–Crippen LogP) is 3.78. The van der Waals surface area contributed by atoms with Gasteiger partial charge >= 0.3 is 108 Å². The Bertz CT molecular complexity index is 339. The van der Waals surface area contributed by atoms with E-state index in [1.807, 2.05) is 18.2 Å². The van der Waals surface area contributed by atoms with Gasteiger partial charge in [0, 0.05) is 0 Å². The summed E-state index contributed by atoms with van der Waals surface area (Å²) >= 11 is -2.62. The third kappa shape index (κ3) is 3.99. The molecule has 0 N–H and O–H groups in total. The molecule has 0 unspecified atom stereocenters. The first-order valence-electron chi connectivity index (χ1n) is 6.12. The maximum atomic E-state index is 11.7. The van der Waals surface area contributed by atoms with Crippen molar-refractivity contribution in [3.05, 3.63) is 35.9 Å². The fraction of sp³-hybridized carbons (Fsp3) is 0.462. The van der Waals surface area contributed by atoms with E-state index < -0.39 is 18.8 Å². The molecule has 0 fully saturated rings. The first kappa shape index (κ1) is 14.5. The second kappa shape index (κ2) is 7.01. The van der Waals surface area contributed by atoms with Crippen LogP contribution in [0.2, 0.25) is 13.3 Å². The molecule has 1 rings (SSSR count). The fourth-order valence-corrected chi connectivity index (χ4v) is 7.69. The van der Waals surface area contributed by atoms with Gasteiger partial charge < -0.3 is 0 Å². The minimum absolute atomic E-state index is 0.387. The van der Waals surface area contributed by atoms with Crippen LogP contribution in [-0.4, -0.2) is 24.8 Å². The van der Waals surface area contributed by atoms with E-state index in [-0.39, 0.29) is 5.97 Å². The van der Waals surface area contributed by atoms with E-state index >= 15 is 0 Å². The van der Waals surface area contributed by atoms with Crippen molar-refractivity contribution in [2.75, 3.05) is 0 Å². The molecule has 94 valence electrons. The van der Waals surface area contributed by atoms with Crippen LogP contribution in [0.15, 0.2) is 30.3 Å². The number of hydrogen-bond acceptors (Lipinski definition) is 3. The molecule has 3 nitrogen and oxygen atoms in total. The second-order valence-corrected chi connectivity index (χ2v) is 17.3. The average molecular weight is 343 g/mol. The molecule has 4 heteroatoms. The molecule has 0 saturated carbocycles. The molecule has 1 aromatic rings. The van der Waals surface area contributed by atoms with Gasteiger partial charge in [-0.25, -0.2) is 0 Å². The summed E-state index contributed by atoms with van der Waals surface area (Å²) in [6.07, 6.45) is 0. The topological polar surface area (TPSA) is 35.5 Å². The van der Waals surface area contributed by atoms with Crippen molar-refractivity contribution in [3.8, 4) is 0 Å². The normalized spacial score (nSPS) is 11.2. The van der Waals surface area contributed by atoms with Gasteiger partial charge in [0.1, 0.15) is 0 Å². The van der Waals surface area contributed by atoms with Crippen LogP contribution in [0.3, 0.4) is 0 Å². The van der Waals surface area contributed by atoms with Crippen LogP contribution in [0.1, 0.15) is 31.1 Å². The van der Waals surface area contributed by atoms with E-state index in [9.17, 15) is 4.79 Å². The van der Waals surface area contributed by atoms with E-state index in [0.717, 1.165) is 13.3 Å². The van der Waals surface area contributed by atoms with Crippen molar-refractivity contribution in [2.45, 2.75) is 34.1 Å². The predicted molar refractivity (Wildman–Crippen MR) is 70.1 cm³/mol. The van der Waals surface area contributed by atoms with E-state index in [0.29, 0.717) is 5.56 Å². The first-order valence-corrected chi connectivity index (χ1v) is 13.3. The molecular formula is C13H20O3Sn. The maximum absolute atomic E-state index is 11.7. The fourth-order valence-electron chi connectivity index (χ4n) is 1.68. The molecule has 0 bridgehead atoms. The Labute approximate surface area is 107 Å². The average Bonchev–Trinajstić information content (AvgIpc) is 2.41. The second-order valence-electron chi connectivity index (χ2n) is 4.06. The number of carbonyl (C=O) groups is 1. The van der Waals surface area contributed by atoms with Crippen molar-refractivity contribution in [2.24, 2.45) is 0 Å². The summed E-state index contributed by atoms with van der Waals surface area (Å²) in [7, 11) is 0. The zero-order valence-electron chi connectivity index (χ0n) is 10.7. The Hall–Kier alpha value is -0.551. The molecule has 0 aliphatic carbocycles. The van der Waals surface area contributed by atoms with Crippen LogP contribution in [0.4, 0.5) is 0 Å². The van der Waals surface area contributed by atoms with Gasteiger partial charge in [-0.2, -0.15) is 0 Å². The van der Waals surface area contributed by atoms with Gasteiger partial charge in [-0.3, -0.25) is 0 Å². The molecule has 0 saturated heterocycles. The number of rotatable bonds is 6. The Morgan fingerprint density at radius 2 is 1.59 bits per heavy atom. The van der Waals surface area contributed by atoms with Crippen molar-refractivity contribution < 1.29 is 12.9 Å². The van der Waals surface area contributed by atoms with E-state index in [4.69, 9.17) is 8.11 Å². The molecule has 17 heavy (non-hydrogen) atoms. The van der Waals surface area contributed by atoms with Gasteiger partial charge in [0.25, 0.3) is 0 Å². The quantitative estimate of drug-likeness (QED) is 0.448. The van der Waals surface area contributed by atoms with Crippen molar-refractivity contribution in [3.63, 3.8) is 0 Å². The number of hydrogen-bond donors (Lipinski definition) is 0. The van der Waals surface area contributed by atoms with Crippen molar-refractivity contribution in [1.29, 1.82) is 0 Å². The molecule has 0 radical (unpaired) electrons. The molecule has 0 amide bonds. The molecule has 0 heterocycles. The first-order chi connectivity index (χ1) is 8.17. The zero-order valence-corrected chi connectivity index (χ0v) is 13.6. The summed E-state index contributed by atoms with van der Waals surface area (Å²) in [5.41, 5.74) is 0.538. The third-order valence-electron chi connectivity index (χ3n) is 3.24. The van der Waals surface area contributed by atoms with Gasteiger partial charge in [0.15, 0.2) is 0 Å². The monoisotopic (exact) mass is 344 g/mol. The summed E-state index contributed by atoms with van der Waals surface area (Å²) in [4.78, 5) is 16.7. The third-order valence-corrected chi connectivity index (χ3v) is 15.5. The Morgan fingerprint density at radius 1 is 1.06 bits per heavy atom. The summed E-state index contributed by atoms with van der Waals surface area (Å²) in [6.45, 7) is 6.37. The summed E-state index contributed by atoms with van der Waals surface area (Å²) < 4.78 is 8.65. The van der Waals surface area contributed by atoms with Crippen molar-refractivity contribution >= 4 is 24.8 Å². The van der Waals surface area contributed by atoms with Crippen LogP contribution in [0, 0.1) is 0 Å². The van der Waals surface area contributed by atoms with Crippen LogP contribution in [-0.2, 0) is 8.11 Å². The Kier molecular flexibility index (Phi) is 5.98. The van der Waals surface area contributed by atoms with E-state index in [2.05, 4.69) is 20.8 Å². The molecule has 0 atom stereocenters. The molecule has 0 aromatic heterocycles. The summed E-state index contributed by atoms with van der Waals surface area (Å²) in [5, 5.41) is 0. The number of carbonyl (C=O) groups excluding carboxylic acids is 1. The molecule has 0 aliphatic rings. The van der Waals surface area contributed by atoms with Crippen molar-refractivity contribution in [1.82, 2.24) is 0 Å². The summed E-state index contributed by atoms with van der Waals surface area (Å²) in [6, 6.07) is 8.95. The Morgan fingerprint density at radius 3 is 2.06 bits per heavy atom. The van der Waals surface area contributed by atoms with E-state index in [1.54, 1.807) is 12.1 Å². The van der Waals surface area contributed by atoms with Gasteiger partial charge in [-0.1, -0.05) is 0 Å². The van der Waals surface area contributed by atoms with Crippen LogP contribution in [0.25, 0.3) is 0 Å². The Balaban J connectivity index is 2.59. The molecular weight excluding hydrogens is 323 g/mol. The minimum atomic E-state index is -2.62. The van der Waals surface area contributed by atoms with Gasteiger partial charge in [-0.15, -0.1) is 0 Å². The standard InChI is InChI=1S/C7H6O3.3C2H5.Sn/c8-7(10-9)6-4-2-1-3-5-6;3*1-2;/h1-5,9H;3*1H2,2H3;/q;;;;+1/p-1. The number of benzene rings is 1. The molecule has 0 spiro atoms. The van der Waals surface area contributed by atoms with Gasteiger partial charge in [-0.05, 0) is 0 Å². The van der Waals surface area contributed by atoms with Gasteiger partial charge in [0.05, 0.1) is 0 Å². The van der Waals surface area contributed by atoms with Crippen LogP contribution >= 0.6 is 0 Å². The van der Waals surface area contributed by atoms with Crippen LogP contribution in [0.5, 0.6) is 0 Å². The SMILES string of the molecule is C[CH2][Sn]([CH2]C)([CH2]C)[O]OC(=O)c1ccccc1. The van der Waals surface area contributed by atoms with E-state index in [1.165, 1.54) is 0 Å². The van der Waals surface area contributed by atoms with Gasteiger partial charge in [0.2, 0.25) is 0 Å². The molecule has 1 aromatic carbocycles. The summed E-state index contributed by atoms with van der Waals surface area (Å²) in [5.74, 6) is -0.387. The molecule has 0 aliphatic heterocycles. The zero-order chi connectivity index (χ0) is 12.7. The van der Waals surface area contributed by atoms with Crippen LogP contribution < -0.4 is 0 Å².